The molecule has 8 nitrogen and oxygen atoms in total. The van der Waals surface area contributed by atoms with E-state index in [1.165, 1.54) is 0 Å². The van der Waals surface area contributed by atoms with Crippen molar-refractivity contribution in [1.82, 2.24) is 24.6 Å². The predicted octanol–water partition coefficient (Wildman–Crippen LogP) is 1.67. The van der Waals surface area contributed by atoms with Gasteiger partial charge in [0.2, 0.25) is 5.91 Å². The van der Waals surface area contributed by atoms with Crippen molar-refractivity contribution in [2.24, 2.45) is 0 Å². The molecular weight excluding hydrogens is 320 g/mol. The number of morpholine rings is 1. The Kier molecular flexibility index (Phi) is 4.98. The van der Waals surface area contributed by atoms with Gasteiger partial charge in [0.05, 0.1) is 24.1 Å². The van der Waals surface area contributed by atoms with E-state index >= 15 is 0 Å². The Balaban J connectivity index is 1.62. The molecule has 1 amide bonds. The minimum atomic E-state index is 0.0466. The van der Waals surface area contributed by atoms with Gasteiger partial charge in [0.25, 0.3) is 0 Å². The number of anilines is 2. The lowest BCUT2D eigenvalue weighted by molar-refractivity contribution is -0.144. The fourth-order valence-electron chi connectivity index (χ4n) is 3.06. The second-order valence-electron chi connectivity index (χ2n) is 6.55. The van der Waals surface area contributed by atoms with Gasteiger partial charge >= 0.3 is 0 Å². The highest BCUT2D eigenvalue weighted by molar-refractivity contribution is 5.76. The van der Waals surface area contributed by atoms with Crippen molar-refractivity contribution < 1.29 is 9.53 Å². The lowest BCUT2D eigenvalue weighted by atomic mass is 10.2. The molecule has 1 saturated heterocycles. The molecule has 0 bridgehead atoms. The zero-order valence-corrected chi connectivity index (χ0v) is 15.1. The first-order valence-electron chi connectivity index (χ1n) is 8.44. The Morgan fingerprint density at radius 3 is 2.68 bits per heavy atom. The molecule has 2 aromatic heterocycles. The van der Waals surface area contributed by atoms with Gasteiger partial charge in [-0.25, -0.2) is 9.97 Å². The van der Waals surface area contributed by atoms with E-state index in [9.17, 15) is 4.79 Å². The summed E-state index contributed by atoms with van der Waals surface area (Å²) in [6.07, 6.45) is 3.61. The van der Waals surface area contributed by atoms with Crippen molar-refractivity contribution in [3.63, 3.8) is 0 Å². The lowest BCUT2D eigenvalue weighted by Crippen LogP contribution is -2.49. The van der Waals surface area contributed by atoms with E-state index in [0.29, 0.717) is 24.7 Å². The average molecular weight is 344 g/mol. The fourth-order valence-corrected chi connectivity index (χ4v) is 3.06. The normalized spacial score (nSPS) is 20.6. The van der Waals surface area contributed by atoms with Gasteiger partial charge in [0, 0.05) is 31.0 Å². The first-order chi connectivity index (χ1) is 11.9. The summed E-state index contributed by atoms with van der Waals surface area (Å²) in [5.41, 5.74) is 1.68. The van der Waals surface area contributed by atoms with Crippen LogP contribution in [0.5, 0.6) is 0 Å². The smallest absolute Gasteiger partial charge is 0.244 e. The molecule has 0 spiro atoms. The molecular formula is C17H24N6O2. The monoisotopic (exact) mass is 344 g/mol. The number of carbonyl (C=O) groups is 1. The van der Waals surface area contributed by atoms with E-state index in [4.69, 9.17) is 4.74 Å². The van der Waals surface area contributed by atoms with Gasteiger partial charge in [-0.1, -0.05) is 0 Å². The van der Waals surface area contributed by atoms with E-state index < -0.39 is 0 Å². The summed E-state index contributed by atoms with van der Waals surface area (Å²) in [5, 5.41) is 7.46. The number of aromatic nitrogens is 4. The molecule has 0 aliphatic carbocycles. The highest BCUT2D eigenvalue weighted by atomic mass is 16.5. The average Bonchev–Trinajstić information content (AvgIpc) is 2.92. The molecule has 0 saturated carbocycles. The highest BCUT2D eigenvalue weighted by Crippen LogP contribution is 2.15. The third-order valence-electron chi connectivity index (χ3n) is 3.94. The van der Waals surface area contributed by atoms with Crippen LogP contribution in [-0.2, 0) is 16.1 Å². The second kappa shape index (κ2) is 7.18. The van der Waals surface area contributed by atoms with E-state index in [0.717, 1.165) is 11.4 Å². The van der Waals surface area contributed by atoms with Gasteiger partial charge in [-0.05, 0) is 27.7 Å². The molecule has 134 valence electrons. The first kappa shape index (κ1) is 17.3. The summed E-state index contributed by atoms with van der Waals surface area (Å²) in [6.45, 7) is 9.19. The van der Waals surface area contributed by atoms with Crippen LogP contribution in [0.2, 0.25) is 0 Å². The highest BCUT2D eigenvalue weighted by Gasteiger charge is 2.25. The van der Waals surface area contributed by atoms with Crippen molar-refractivity contribution in [1.29, 1.82) is 0 Å². The lowest BCUT2D eigenvalue weighted by Gasteiger charge is -2.35. The van der Waals surface area contributed by atoms with Gasteiger partial charge in [-0.15, -0.1) is 0 Å². The maximum Gasteiger partial charge on any atom is 0.244 e. The Labute approximate surface area is 147 Å². The third kappa shape index (κ3) is 4.54. The Hall–Kier alpha value is -2.48. The van der Waals surface area contributed by atoms with Gasteiger partial charge in [-0.2, -0.15) is 5.10 Å². The molecule has 3 rings (SSSR count). The van der Waals surface area contributed by atoms with Crippen LogP contribution in [0.4, 0.5) is 11.5 Å². The summed E-state index contributed by atoms with van der Waals surface area (Å²) >= 11 is 0. The van der Waals surface area contributed by atoms with E-state index in [1.54, 1.807) is 17.1 Å². The minimum absolute atomic E-state index is 0.0466. The van der Waals surface area contributed by atoms with Crippen molar-refractivity contribution in [2.75, 3.05) is 18.4 Å². The van der Waals surface area contributed by atoms with Crippen LogP contribution in [-0.4, -0.2) is 55.9 Å². The fraction of sp³-hybridized carbons (Fsp3) is 0.529. The third-order valence-corrected chi connectivity index (χ3v) is 3.94. The first-order valence-corrected chi connectivity index (χ1v) is 8.44. The summed E-state index contributed by atoms with van der Waals surface area (Å²) < 4.78 is 7.30. The molecule has 0 radical (unpaired) electrons. The molecule has 2 atom stereocenters. The largest absolute Gasteiger partial charge is 0.372 e. The molecule has 0 unspecified atom stereocenters. The molecule has 0 aromatic carbocycles. The standard InChI is InChI=1S/C17H24N6O2/c1-11-5-16(20-14(4)19-11)21-15-6-18-23(9-15)10-17(24)22-7-12(2)25-13(3)8-22/h5-6,9,12-13H,7-8,10H2,1-4H3,(H,19,20,21)/t12-,13-/m1/s1. The maximum atomic E-state index is 12.5. The summed E-state index contributed by atoms with van der Waals surface area (Å²) in [5.74, 6) is 1.47. The summed E-state index contributed by atoms with van der Waals surface area (Å²) in [7, 11) is 0. The number of hydrogen-bond acceptors (Lipinski definition) is 6. The number of ether oxygens (including phenoxy) is 1. The van der Waals surface area contributed by atoms with Crippen LogP contribution in [0.15, 0.2) is 18.5 Å². The summed E-state index contributed by atoms with van der Waals surface area (Å²) in [4.78, 5) is 22.9. The molecule has 25 heavy (non-hydrogen) atoms. The number of carbonyl (C=O) groups excluding carboxylic acids is 1. The Morgan fingerprint density at radius 1 is 1.28 bits per heavy atom. The Morgan fingerprint density at radius 2 is 2.00 bits per heavy atom. The van der Waals surface area contributed by atoms with Crippen molar-refractivity contribution in [3.05, 3.63) is 30.0 Å². The zero-order valence-electron chi connectivity index (χ0n) is 15.1. The van der Waals surface area contributed by atoms with Crippen LogP contribution >= 0.6 is 0 Å². The minimum Gasteiger partial charge on any atom is -0.372 e. The van der Waals surface area contributed by atoms with Crippen molar-refractivity contribution >= 4 is 17.4 Å². The van der Waals surface area contributed by atoms with Crippen LogP contribution in [0, 0.1) is 13.8 Å². The number of aryl methyl sites for hydroxylation is 2. The molecule has 1 aliphatic heterocycles. The van der Waals surface area contributed by atoms with Gasteiger partial charge < -0.3 is 15.0 Å². The molecule has 1 N–H and O–H groups in total. The van der Waals surface area contributed by atoms with Crippen LogP contribution in [0.1, 0.15) is 25.4 Å². The van der Waals surface area contributed by atoms with Crippen LogP contribution < -0.4 is 5.32 Å². The van der Waals surface area contributed by atoms with Crippen LogP contribution in [0.3, 0.4) is 0 Å². The SMILES string of the molecule is Cc1cc(Nc2cnn(CC(=O)N3C[C@@H](C)O[C@H](C)C3)c2)nc(C)n1. The van der Waals surface area contributed by atoms with Crippen molar-refractivity contribution in [2.45, 2.75) is 46.4 Å². The quantitative estimate of drug-likeness (QED) is 0.908. The number of amides is 1. The molecule has 2 aromatic rings. The number of hydrogen-bond donors (Lipinski definition) is 1. The van der Waals surface area contributed by atoms with E-state index in [2.05, 4.69) is 20.4 Å². The number of rotatable bonds is 4. The number of nitrogens with zero attached hydrogens (tertiary/aromatic N) is 5. The van der Waals surface area contributed by atoms with Gasteiger partial charge in [0.15, 0.2) is 0 Å². The molecule has 1 aliphatic rings. The van der Waals surface area contributed by atoms with Crippen LogP contribution in [0.25, 0.3) is 0 Å². The predicted molar refractivity (Wildman–Crippen MR) is 93.6 cm³/mol. The molecule has 8 heteroatoms. The summed E-state index contributed by atoms with van der Waals surface area (Å²) in [6, 6.07) is 1.87. The molecule has 3 heterocycles. The maximum absolute atomic E-state index is 12.5. The van der Waals surface area contributed by atoms with E-state index in [1.807, 2.05) is 38.7 Å². The number of nitrogens with one attached hydrogen (secondary N) is 1. The topological polar surface area (TPSA) is 85.2 Å². The van der Waals surface area contributed by atoms with E-state index in [-0.39, 0.29) is 24.7 Å². The zero-order chi connectivity index (χ0) is 18.0. The molecule has 1 fully saturated rings. The van der Waals surface area contributed by atoms with Gasteiger partial charge in [-0.3, -0.25) is 9.48 Å². The Bertz CT molecular complexity index is 729. The second-order valence-corrected chi connectivity index (χ2v) is 6.55. The van der Waals surface area contributed by atoms with Gasteiger partial charge in [0.1, 0.15) is 18.2 Å². The van der Waals surface area contributed by atoms with Crippen molar-refractivity contribution in [3.8, 4) is 0 Å².